The molecular weight excluding hydrogens is 351 g/mol. The molecule has 25 heavy (non-hydrogen) atoms. The summed E-state index contributed by atoms with van der Waals surface area (Å²) in [4.78, 5) is 26.4. The maximum absolute atomic E-state index is 14.6. The second kappa shape index (κ2) is 7.54. The normalized spacial score (nSPS) is 12.7. The maximum atomic E-state index is 14.6. The van der Waals surface area contributed by atoms with Gasteiger partial charge in [0, 0.05) is 12.6 Å². The van der Waals surface area contributed by atoms with Gasteiger partial charge >= 0.3 is 0 Å². The zero-order chi connectivity index (χ0) is 17.3. The number of halogens is 2. The van der Waals surface area contributed by atoms with Crippen LogP contribution in [-0.2, 0) is 13.0 Å². The number of hydrogen-bond acceptors (Lipinski definition) is 5. The standard InChI is InChI=1S/C16H15FN4O3.ClH/c1-9-13(6-11(8-19-9)21(23)24)16(22)20-14-3-2-10-7-18-5-4-12(10)15(14)17;/h2-3,6,8,18H,4-5,7H2,1H3,(H,20,22);1H. The van der Waals surface area contributed by atoms with Crippen LogP contribution in [0.4, 0.5) is 15.8 Å². The Hall–Kier alpha value is -2.58. The number of carbonyl (C=O) groups excluding carboxylic acids is 1. The average Bonchev–Trinajstić information content (AvgIpc) is 2.57. The van der Waals surface area contributed by atoms with E-state index in [4.69, 9.17) is 0 Å². The van der Waals surface area contributed by atoms with E-state index < -0.39 is 16.6 Å². The van der Waals surface area contributed by atoms with Gasteiger partial charge in [0.2, 0.25) is 0 Å². The van der Waals surface area contributed by atoms with E-state index in [0.717, 1.165) is 17.8 Å². The summed E-state index contributed by atoms with van der Waals surface area (Å²) in [5.41, 5.74) is 1.60. The quantitative estimate of drug-likeness (QED) is 0.643. The van der Waals surface area contributed by atoms with Crippen molar-refractivity contribution in [2.45, 2.75) is 19.9 Å². The number of nitrogens with zero attached hydrogens (tertiary/aromatic N) is 2. The molecule has 0 fully saturated rings. The largest absolute Gasteiger partial charge is 0.319 e. The second-order valence-electron chi connectivity index (χ2n) is 5.53. The van der Waals surface area contributed by atoms with Crippen molar-refractivity contribution in [3.05, 3.63) is 62.7 Å². The van der Waals surface area contributed by atoms with E-state index in [9.17, 15) is 19.3 Å². The lowest BCUT2D eigenvalue weighted by Gasteiger charge is -2.19. The number of aromatic nitrogens is 1. The summed E-state index contributed by atoms with van der Waals surface area (Å²) in [6, 6.07) is 4.40. The Kier molecular flexibility index (Phi) is 5.66. The van der Waals surface area contributed by atoms with Gasteiger partial charge in [-0.2, -0.15) is 0 Å². The van der Waals surface area contributed by atoms with E-state index >= 15 is 0 Å². The zero-order valence-corrected chi connectivity index (χ0v) is 14.2. The van der Waals surface area contributed by atoms with Crippen molar-refractivity contribution in [1.82, 2.24) is 10.3 Å². The molecule has 2 aromatic rings. The number of fused-ring (bicyclic) bond motifs is 1. The van der Waals surface area contributed by atoms with E-state index in [1.807, 2.05) is 0 Å². The summed E-state index contributed by atoms with van der Waals surface area (Å²) in [6.45, 7) is 2.83. The van der Waals surface area contributed by atoms with Crippen LogP contribution in [-0.4, -0.2) is 22.4 Å². The molecule has 3 rings (SSSR count). The first-order valence-corrected chi connectivity index (χ1v) is 7.40. The lowest BCUT2D eigenvalue weighted by molar-refractivity contribution is -0.385. The minimum atomic E-state index is -0.629. The van der Waals surface area contributed by atoms with Gasteiger partial charge in [0.15, 0.2) is 0 Å². The molecule has 0 saturated heterocycles. The highest BCUT2D eigenvalue weighted by Crippen LogP contribution is 2.25. The van der Waals surface area contributed by atoms with Crippen LogP contribution < -0.4 is 10.6 Å². The average molecular weight is 367 g/mol. The molecule has 2 N–H and O–H groups in total. The van der Waals surface area contributed by atoms with Crippen LogP contribution in [0.2, 0.25) is 0 Å². The molecule has 7 nitrogen and oxygen atoms in total. The van der Waals surface area contributed by atoms with Crippen LogP contribution in [0.25, 0.3) is 0 Å². The van der Waals surface area contributed by atoms with Gasteiger partial charge in [-0.3, -0.25) is 19.9 Å². The number of anilines is 1. The molecule has 0 spiro atoms. The molecule has 1 aliphatic heterocycles. The minimum absolute atomic E-state index is 0. The van der Waals surface area contributed by atoms with E-state index in [0.29, 0.717) is 30.8 Å². The predicted molar refractivity (Wildman–Crippen MR) is 92.6 cm³/mol. The number of amides is 1. The molecule has 132 valence electrons. The lowest BCUT2D eigenvalue weighted by atomic mass is 9.99. The van der Waals surface area contributed by atoms with Crippen molar-refractivity contribution in [2.24, 2.45) is 0 Å². The lowest BCUT2D eigenvalue weighted by Crippen LogP contribution is -2.25. The fourth-order valence-electron chi connectivity index (χ4n) is 2.67. The van der Waals surface area contributed by atoms with Gasteiger partial charge < -0.3 is 10.6 Å². The van der Waals surface area contributed by atoms with E-state index in [1.165, 1.54) is 6.07 Å². The molecule has 1 aromatic heterocycles. The summed E-state index contributed by atoms with van der Waals surface area (Å²) >= 11 is 0. The fraction of sp³-hybridized carbons (Fsp3) is 0.250. The number of rotatable bonds is 3. The number of nitrogens with one attached hydrogen (secondary N) is 2. The Bertz CT molecular complexity index is 844. The third kappa shape index (κ3) is 3.75. The highest BCUT2D eigenvalue weighted by Gasteiger charge is 2.20. The topological polar surface area (TPSA) is 97.2 Å². The van der Waals surface area contributed by atoms with Gasteiger partial charge in [-0.15, -0.1) is 12.4 Å². The van der Waals surface area contributed by atoms with Crippen LogP contribution in [0.5, 0.6) is 0 Å². The van der Waals surface area contributed by atoms with E-state index in [2.05, 4.69) is 15.6 Å². The molecule has 9 heteroatoms. The first kappa shape index (κ1) is 18.8. The van der Waals surface area contributed by atoms with Crippen LogP contribution in [0.1, 0.15) is 27.2 Å². The molecule has 0 unspecified atom stereocenters. The van der Waals surface area contributed by atoms with Gasteiger partial charge in [-0.25, -0.2) is 4.39 Å². The molecule has 1 aromatic carbocycles. The van der Waals surface area contributed by atoms with Crippen LogP contribution >= 0.6 is 12.4 Å². The molecule has 0 atom stereocenters. The minimum Gasteiger partial charge on any atom is -0.319 e. The number of nitro groups is 1. The van der Waals surface area contributed by atoms with Crippen LogP contribution in [0, 0.1) is 22.9 Å². The molecule has 0 bridgehead atoms. The van der Waals surface area contributed by atoms with Gasteiger partial charge in [0.05, 0.1) is 21.9 Å². The molecular formula is C16H16ClFN4O3. The Labute approximate surface area is 149 Å². The highest BCUT2D eigenvalue weighted by atomic mass is 35.5. The summed E-state index contributed by atoms with van der Waals surface area (Å²) in [5, 5.41) is 16.5. The first-order valence-electron chi connectivity index (χ1n) is 7.40. The van der Waals surface area contributed by atoms with Crippen LogP contribution in [0.15, 0.2) is 24.4 Å². The first-order chi connectivity index (χ1) is 11.5. The molecule has 0 aliphatic carbocycles. The van der Waals surface area contributed by atoms with Gasteiger partial charge in [-0.05, 0) is 37.1 Å². The monoisotopic (exact) mass is 366 g/mol. The number of aryl methyl sites for hydroxylation is 1. The third-order valence-electron chi connectivity index (χ3n) is 3.98. The van der Waals surface area contributed by atoms with E-state index in [1.54, 1.807) is 13.0 Å². The Balaban J connectivity index is 0.00000225. The molecule has 1 amide bonds. The number of hydrogen-bond donors (Lipinski definition) is 2. The Morgan fingerprint density at radius 2 is 2.20 bits per heavy atom. The number of benzene rings is 1. The maximum Gasteiger partial charge on any atom is 0.288 e. The molecule has 2 heterocycles. The zero-order valence-electron chi connectivity index (χ0n) is 13.3. The second-order valence-corrected chi connectivity index (χ2v) is 5.53. The van der Waals surface area contributed by atoms with Crippen molar-refractivity contribution >= 4 is 29.7 Å². The van der Waals surface area contributed by atoms with Crippen molar-refractivity contribution in [1.29, 1.82) is 0 Å². The van der Waals surface area contributed by atoms with E-state index in [-0.39, 0.29) is 29.3 Å². The SMILES string of the molecule is Cc1ncc([N+](=O)[O-])cc1C(=O)Nc1ccc2c(c1F)CCNC2.Cl. The summed E-state index contributed by atoms with van der Waals surface area (Å²) < 4.78 is 14.6. The van der Waals surface area contributed by atoms with Gasteiger partial charge in [0.1, 0.15) is 12.0 Å². The van der Waals surface area contributed by atoms with Gasteiger partial charge in [-0.1, -0.05) is 6.07 Å². The fourth-order valence-corrected chi connectivity index (χ4v) is 2.67. The van der Waals surface area contributed by atoms with Crippen molar-refractivity contribution in [2.75, 3.05) is 11.9 Å². The smallest absolute Gasteiger partial charge is 0.288 e. The number of pyridine rings is 1. The van der Waals surface area contributed by atoms with Crippen molar-refractivity contribution in [3.63, 3.8) is 0 Å². The predicted octanol–water partition coefficient (Wildman–Crippen LogP) is 2.76. The third-order valence-corrected chi connectivity index (χ3v) is 3.98. The number of carbonyl (C=O) groups is 1. The summed E-state index contributed by atoms with van der Waals surface area (Å²) in [7, 11) is 0. The summed E-state index contributed by atoms with van der Waals surface area (Å²) in [6.07, 6.45) is 1.63. The van der Waals surface area contributed by atoms with Crippen molar-refractivity contribution < 1.29 is 14.1 Å². The molecule has 1 aliphatic rings. The van der Waals surface area contributed by atoms with Crippen LogP contribution in [0.3, 0.4) is 0 Å². The van der Waals surface area contributed by atoms with Crippen molar-refractivity contribution in [3.8, 4) is 0 Å². The Morgan fingerprint density at radius 1 is 1.44 bits per heavy atom. The van der Waals surface area contributed by atoms with Gasteiger partial charge in [0.25, 0.3) is 11.6 Å². The Morgan fingerprint density at radius 3 is 2.92 bits per heavy atom. The molecule has 0 saturated carbocycles. The highest BCUT2D eigenvalue weighted by molar-refractivity contribution is 6.05. The summed E-state index contributed by atoms with van der Waals surface area (Å²) in [5.74, 6) is -1.09. The molecule has 0 radical (unpaired) electrons.